The number of amides is 2. The van der Waals surface area contributed by atoms with Crippen LogP contribution in [-0.2, 0) is 0 Å². The first-order valence-electron chi connectivity index (χ1n) is 5.49. The Balaban J connectivity index is 2.41. The molecular formula is C12H10N4O2S2. The summed E-state index contributed by atoms with van der Waals surface area (Å²) in [5.41, 5.74) is 1.38. The second-order valence-electron chi connectivity index (χ2n) is 3.70. The molecule has 8 heteroatoms. The highest BCUT2D eigenvalue weighted by Gasteiger charge is 2.10. The summed E-state index contributed by atoms with van der Waals surface area (Å²) in [7, 11) is 0. The van der Waals surface area contributed by atoms with E-state index in [9.17, 15) is 9.59 Å². The van der Waals surface area contributed by atoms with Crippen molar-refractivity contribution in [3.63, 3.8) is 0 Å². The molecule has 0 aliphatic rings. The van der Waals surface area contributed by atoms with Gasteiger partial charge in [0.2, 0.25) is 0 Å². The number of carbonyl (C=O) groups excluding carboxylic acids is 2. The first-order chi connectivity index (χ1) is 9.65. The van der Waals surface area contributed by atoms with Gasteiger partial charge in [-0.1, -0.05) is 37.8 Å². The molecule has 0 aliphatic heterocycles. The maximum absolute atomic E-state index is 11.5. The number of aromatic nitrogens is 2. The molecule has 2 aromatic rings. The number of pyridine rings is 2. The van der Waals surface area contributed by atoms with Gasteiger partial charge in [0.25, 0.3) is 11.8 Å². The largest absolute Gasteiger partial charge is 0.297 e. The third-order valence-corrected chi connectivity index (χ3v) is 2.84. The van der Waals surface area contributed by atoms with Crippen molar-refractivity contribution in [3.05, 3.63) is 47.8 Å². The topological polar surface area (TPSA) is 84.0 Å². The summed E-state index contributed by atoms with van der Waals surface area (Å²) >= 11 is 7.38. The number of nitrogens with one attached hydrogen (secondary N) is 2. The molecule has 0 saturated heterocycles. The van der Waals surface area contributed by atoms with Crippen molar-refractivity contribution < 1.29 is 9.59 Å². The predicted molar refractivity (Wildman–Crippen MR) is 80.4 cm³/mol. The summed E-state index contributed by atoms with van der Waals surface area (Å²) in [6.07, 6.45) is 0. The monoisotopic (exact) mass is 306 g/mol. The van der Waals surface area contributed by atoms with E-state index in [0.29, 0.717) is 11.4 Å². The molecule has 2 amide bonds. The zero-order chi connectivity index (χ0) is 14.5. The van der Waals surface area contributed by atoms with Crippen LogP contribution in [0.3, 0.4) is 0 Å². The van der Waals surface area contributed by atoms with E-state index in [2.05, 4.69) is 45.0 Å². The summed E-state index contributed by atoms with van der Waals surface area (Å²) in [5, 5.41) is 0. The fourth-order valence-electron chi connectivity index (χ4n) is 1.52. The Morgan fingerprint density at radius 2 is 1.20 bits per heavy atom. The lowest BCUT2D eigenvalue weighted by Gasteiger charge is -2.04. The van der Waals surface area contributed by atoms with Gasteiger partial charge in [-0.2, -0.15) is 0 Å². The fourth-order valence-corrected chi connectivity index (χ4v) is 1.75. The minimum absolute atomic E-state index is 0.211. The minimum atomic E-state index is -0.417. The van der Waals surface area contributed by atoms with Gasteiger partial charge in [0, 0.05) is 0 Å². The van der Waals surface area contributed by atoms with E-state index in [-0.39, 0.29) is 11.4 Å². The van der Waals surface area contributed by atoms with Gasteiger partial charge in [0.1, 0.15) is 11.4 Å². The number of hydrogen-bond donors (Lipinski definition) is 4. The highest BCUT2D eigenvalue weighted by atomic mass is 32.1. The molecule has 0 saturated carbocycles. The van der Waals surface area contributed by atoms with Crippen molar-refractivity contribution in [2.45, 2.75) is 0 Å². The first-order valence-corrected chi connectivity index (χ1v) is 6.38. The average molecular weight is 306 g/mol. The number of thiol groups is 2. The molecule has 0 aliphatic carbocycles. The van der Waals surface area contributed by atoms with Gasteiger partial charge >= 0.3 is 0 Å². The molecule has 2 heterocycles. The van der Waals surface area contributed by atoms with Gasteiger partial charge < -0.3 is 0 Å². The molecule has 0 aromatic carbocycles. The second-order valence-corrected chi connectivity index (χ2v) is 4.15. The van der Waals surface area contributed by atoms with E-state index < -0.39 is 11.8 Å². The van der Waals surface area contributed by atoms with E-state index in [1.54, 1.807) is 36.4 Å². The van der Waals surface area contributed by atoms with Crippen LogP contribution in [0.1, 0.15) is 21.0 Å². The zero-order valence-electron chi connectivity index (χ0n) is 10.1. The van der Waals surface area contributed by atoms with E-state index in [1.165, 1.54) is 0 Å². The number of nitrogens with zero attached hydrogens (tertiary/aromatic N) is 2. The quantitative estimate of drug-likeness (QED) is 0.644. The lowest BCUT2D eigenvalue weighted by Crippen LogP contribution is -2.15. The smallest absolute Gasteiger partial charge is 0.279 e. The molecule has 0 unspecified atom stereocenters. The van der Waals surface area contributed by atoms with E-state index >= 15 is 0 Å². The van der Waals surface area contributed by atoms with Crippen molar-refractivity contribution in [2.24, 2.45) is 0 Å². The standard InChI is InChI=1S/C12H10N4O2S2/c17-11(15-19)9-5-1-3-7(13-9)8-4-2-6-10(14-8)12(18)16-20/h1-6,19-20H,(H,15,17)(H,16,18). The molecular weight excluding hydrogens is 296 g/mol. The predicted octanol–water partition coefficient (Wildman–Crippen LogP) is 1.29. The van der Waals surface area contributed by atoms with Crippen LogP contribution in [0.2, 0.25) is 0 Å². The van der Waals surface area contributed by atoms with Crippen molar-refractivity contribution in [1.82, 2.24) is 19.4 Å². The van der Waals surface area contributed by atoms with Gasteiger partial charge in [-0.05, 0) is 24.3 Å². The van der Waals surface area contributed by atoms with Crippen molar-refractivity contribution in [1.29, 1.82) is 0 Å². The molecule has 0 bridgehead atoms. The lowest BCUT2D eigenvalue weighted by atomic mass is 10.2. The molecule has 20 heavy (non-hydrogen) atoms. The zero-order valence-corrected chi connectivity index (χ0v) is 11.9. The summed E-state index contributed by atoms with van der Waals surface area (Å²) < 4.78 is 4.39. The molecule has 0 fully saturated rings. The highest BCUT2D eigenvalue weighted by Crippen LogP contribution is 2.15. The van der Waals surface area contributed by atoms with Crippen LogP contribution >= 0.6 is 25.6 Å². The summed E-state index contributed by atoms with van der Waals surface area (Å²) in [5.74, 6) is -0.834. The van der Waals surface area contributed by atoms with Gasteiger partial charge in [-0.25, -0.2) is 9.97 Å². The van der Waals surface area contributed by atoms with Gasteiger partial charge in [-0.3, -0.25) is 19.0 Å². The van der Waals surface area contributed by atoms with Crippen LogP contribution in [0.15, 0.2) is 36.4 Å². The Kier molecular flexibility index (Phi) is 4.59. The SMILES string of the molecule is O=C(NS)c1cccc(-c2cccc(C(=O)NS)n2)n1. The van der Waals surface area contributed by atoms with Crippen LogP contribution in [0.25, 0.3) is 11.4 Å². The number of hydrogen-bond acceptors (Lipinski definition) is 6. The van der Waals surface area contributed by atoms with Crippen LogP contribution in [0.5, 0.6) is 0 Å². The van der Waals surface area contributed by atoms with E-state index in [1.807, 2.05) is 0 Å². The number of rotatable bonds is 3. The molecule has 102 valence electrons. The maximum Gasteiger partial charge on any atom is 0.279 e. The van der Waals surface area contributed by atoms with Gasteiger partial charge in [0.05, 0.1) is 11.4 Å². The first kappa shape index (κ1) is 14.4. The van der Waals surface area contributed by atoms with Gasteiger partial charge in [-0.15, -0.1) is 0 Å². The summed E-state index contributed by atoms with van der Waals surface area (Å²) in [6, 6.07) is 9.85. The maximum atomic E-state index is 11.5. The second kappa shape index (κ2) is 6.40. The average Bonchev–Trinajstić information content (AvgIpc) is 2.53. The van der Waals surface area contributed by atoms with Gasteiger partial charge in [0.15, 0.2) is 0 Å². The Labute approximate surface area is 126 Å². The van der Waals surface area contributed by atoms with Crippen molar-refractivity contribution in [3.8, 4) is 11.4 Å². The minimum Gasteiger partial charge on any atom is -0.297 e. The third kappa shape index (κ3) is 3.09. The Morgan fingerprint density at radius 1 is 0.800 bits per heavy atom. The molecule has 6 nitrogen and oxygen atoms in total. The summed E-state index contributed by atoms with van der Waals surface area (Å²) in [6.45, 7) is 0. The highest BCUT2D eigenvalue weighted by molar-refractivity contribution is 7.79. The van der Waals surface area contributed by atoms with Crippen LogP contribution in [0.4, 0.5) is 0 Å². The lowest BCUT2D eigenvalue weighted by molar-refractivity contribution is 0.0971. The molecule has 0 spiro atoms. The van der Waals surface area contributed by atoms with E-state index in [0.717, 1.165) is 0 Å². The Morgan fingerprint density at radius 3 is 1.55 bits per heavy atom. The van der Waals surface area contributed by atoms with Crippen LogP contribution in [-0.4, -0.2) is 21.8 Å². The van der Waals surface area contributed by atoms with Crippen LogP contribution < -0.4 is 9.44 Å². The van der Waals surface area contributed by atoms with E-state index in [4.69, 9.17) is 0 Å². The van der Waals surface area contributed by atoms with Crippen molar-refractivity contribution in [2.75, 3.05) is 0 Å². The van der Waals surface area contributed by atoms with Crippen molar-refractivity contribution >= 4 is 37.4 Å². The molecule has 2 rings (SSSR count). The molecule has 0 atom stereocenters. The summed E-state index contributed by atoms with van der Waals surface area (Å²) in [4.78, 5) is 31.3. The number of carbonyl (C=O) groups is 2. The normalized spacial score (nSPS) is 9.90. The molecule has 2 aromatic heterocycles. The third-order valence-electron chi connectivity index (χ3n) is 2.43. The molecule has 2 N–H and O–H groups in total. The Hall–Kier alpha value is -2.06. The molecule has 0 radical (unpaired) electrons. The fraction of sp³-hybridized carbons (Fsp3) is 0. The Bertz CT molecular complexity index is 606. The van der Waals surface area contributed by atoms with Crippen LogP contribution in [0, 0.1) is 0 Å².